The molecule has 24 heavy (non-hydrogen) atoms. The lowest BCUT2D eigenvalue weighted by Gasteiger charge is -2.19. The maximum Gasteiger partial charge on any atom is 0.253 e. The van der Waals surface area contributed by atoms with Gasteiger partial charge >= 0.3 is 0 Å². The summed E-state index contributed by atoms with van der Waals surface area (Å²) >= 11 is 0. The molecule has 2 aromatic rings. The minimum Gasteiger partial charge on any atom is -0.494 e. The summed E-state index contributed by atoms with van der Waals surface area (Å²) in [5.74, 6) is 0.757. The van der Waals surface area contributed by atoms with E-state index in [1.807, 2.05) is 69.4 Å². The lowest BCUT2D eigenvalue weighted by atomic mass is 10.1. The second-order valence-electron chi connectivity index (χ2n) is 5.54. The van der Waals surface area contributed by atoms with E-state index >= 15 is 0 Å². The highest BCUT2D eigenvalue weighted by atomic mass is 16.5. The van der Waals surface area contributed by atoms with E-state index < -0.39 is 0 Å². The number of hydrogen-bond donors (Lipinski definition) is 0. The third-order valence-electron chi connectivity index (χ3n) is 3.68. The Hall–Kier alpha value is -2.33. The molecular formula is C20H25NO3. The van der Waals surface area contributed by atoms with Gasteiger partial charge in [-0.05, 0) is 37.6 Å². The van der Waals surface area contributed by atoms with Crippen molar-refractivity contribution < 1.29 is 14.3 Å². The summed E-state index contributed by atoms with van der Waals surface area (Å²) in [6, 6.07) is 15.5. The Morgan fingerprint density at radius 3 is 2.46 bits per heavy atom. The van der Waals surface area contributed by atoms with Gasteiger partial charge in [-0.1, -0.05) is 30.3 Å². The average Bonchev–Trinajstić information content (AvgIpc) is 2.61. The van der Waals surface area contributed by atoms with Crippen molar-refractivity contribution in [1.82, 2.24) is 4.90 Å². The number of ether oxygens (including phenoxy) is 2. The fourth-order valence-corrected chi connectivity index (χ4v) is 2.48. The fourth-order valence-electron chi connectivity index (χ4n) is 2.48. The molecule has 0 aliphatic carbocycles. The summed E-state index contributed by atoms with van der Waals surface area (Å²) < 4.78 is 11.1. The molecule has 0 saturated carbocycles. The van der Waals surface area contributed by atoms with Crippen molar-refractivity contribution in [3.05, 3.63) is 65.2 Å². The summed E-state index contributed by atoms with van der Waals surface area (Å²) in [4.78, 5) is 14.4. The smallest absolute Gasteiger partial charge is 0.253 e. The second-order valence-corrected chi connectivity index (χ2v) is 5.54. The van der Waals surface area contributed by atoms with Crippen LogP contribution in [0, 0.1) is 0 Å². The SMILES string of the molecule is CCOCc1cc(C(=O)N(C)Cc2ccccc2)ccc1OCC. The maximum absolute atomic E-state index is 12.7. The Morgan fingerprint density at radius 1 is 1.04 bits per heavy atom. The van der Waals surface area contributed by atoms with E-state index in [4.69, 9.17) is 9.47 Å². The molecule has 0 aliphatic heterocycles. The first-order valence-electron chi connectivity index (χ1n) is 8.28. The highest BCUT2D eigenvalue weighted by molar-refractivity contribution is 5.94. The van der Waals surface area contributed by atoms with Gasteiger partial charge in [0.2, 0.25) is 0 Å². The molecule has 0 saturated heterocycles. The quantitative estimate of drug-likeness (QED) is 0.738. The first-order chi connectivity index (χ1) is 11.7. The molecular weight excluding hydrogens is 302 g/mol. The first kappa shape index (κ1) is 18.0. The highest BCUT2D eigenvalue weighted by Gasteiger charge is 2.15. The molecule has 2 rings (SSSR count). The molecule has 0 spiro atoms. The predicted octanol–water partition coefficient (Wildman–Crippen LogP) is 3.89. The molecule has 0 N–H and O–H groups in total. The van der Waals surface area contributed by atoms with Crippen molar-refractivity contribution in [2.45, 2.75) is 27.0 Å². The number of carbonyl (C=O) groups excluding carboxylic acids is 1. The van der Waals surface area contributed by atoms with Crippen molar-refractivity contribution in [3.63, 3.8) is 0 Å². The zero-order chi connectivity index (χ0) is 17.4. The van der Waals surface area contributed by atoms with Crippen molar-refractivity contribution in [3.8, 4) is 5.75 Å². The molecule has 2 aromatic carbocycles. The summed E-state index contributed by atoms with van der Waals surface area (Å²) in [7, 11) is 1.81. The van der Waals surface area contributed by atoms with Crippen molar-refractivity contribution >= 4 is 5.91 Å². The summed E-state index contributed by atoms with van der Waals surface area (Å²) in [6.07, 6.45) is 0. The van der Waals surface area contributed by atoms with Gasteiger partial charge in [0.15, 0.2) is 0 Å². The van der Waals surface area contributed by atoms with Crippen LogP contribution < -0.4 is 4.74 Å². The number of benzene rings is 2. The van der Waals surface area contributed by atoms with Crippen LogP contribution in [-0.2, 0) is 17.9 Å². The number of carbonyl (C=O) groups is 1. The Labute approximate surface area is 144 Å². The van der Waals surface area contributed by atoms with Gasteiger partial charge in [-0.2, -0.15) is 0 Å². The van der Waals surface area contributed by atoms with Crippen LogP contribution in [-0.4, -0.2) is 31.1 Å². The zero-order valence-corrected chi connectivity index (χ0v) is 14.6. The lowest BCUT2D eigenvalue weighted by Crippen LogP contribution is -2.26. The van der Waals surface area contributed by atoms with Gasteiger partial charge in [0.25, 0.3) is 5.91 Å². The number of hydrogen-bond acceptors (Lipinski definition) is 3. The Morgan fingerprint density at radius 2 is 1.79 bits per heavy atom. The van der Waals surface area contributed by atoms with Crippen LogP contribution in [0.1, 0.15) is 35.3 Å². The van der Waals surface area contributed by atoms with Crippen LogP contribution in [0.25, 0.3) is 0 Å². The Balaban J connectivity index is 2.15. The molecule has 4 nitrogen and oxygen atoms in total. The predicted molar refractivity (Wildman–Crippen MR) is 95.2 cm³/mol. The van der Waals surface area contributed by atoms with Crippen LogP contribution in [0.4, 0.5) is 0 Å². The summed E-state index contributed by atoms with van der Waals surface area (Å²) in [5.41, 5.74) is 2.65. The van der Waals surface area contributed by atoms with Gasteiger partial charge < -0.3 is 14.4 Å². The standard InChI is InChI=1S/C20H25NO3/c1-4-23-15-18-13-17(11-12-19(18)24-5-2)20(22)21(3)14-16-9-7-6-8-10-16/h6-13H,4-5,14-15H2,1-3H3. The van der Waals surface area contributed by atoms with E-state index in [0.717, 1.165) is 16.9 Å². The molecule has 0 radical (unpaired) electrons. The molecule has 0 atom stereocenters. The first-order valence-corrected chi connectivity index (χ1v) is 8.28. The van der Waals surface area contributed by atoms with Crippen LogP contribution in [0.2, 0.25) is 0 Å². The van der Waals surface area contributed by atoms with E-state index in [9.17, 15) is 4.79 Å². The van der Waals surface area contributed by atoms with Gasteiger partial charge in [-0.25, -0.2) is 0 Å². The lowest BCUT2D eigenvalue weighted by molar-refractivity contribution is 0.0784. The molecule has 128 valence electrons. The van der Waals surface area contributed by atoms with E-state index in [1.165, 1.54) is 0 Å². The van der Waals surface area contributed by atoms with Crippen LogP contribution in [0.3, 0.4) is 0 Å². The fraction of sp³-hybridized carbons (Fsp3) is 0.350. The van der Waals surface area contributed by atoms with E-state index in [-0.39, 0.29) is 5.91 Å². The van der Waals surface area contributed by atoms with Crippen molar-refractivity contribution in [2.24, 2.45) is 0 Å². The monoisotopic (exact) mass is 327 g/mol. The maximum atomic E-state index is 12.7. The molecule has 4 heteroatoms. The van der Waals surface area contributed by atoms with Gasteiger partial charge in [0.05, 0.1) is 13.2 Å². The normalized spacial score (nSPS) is 10.5. The third kappa shape index (κ3) is 4.83. The highest BCUT2D eigenvalue weighted by Crippen LogP contribution is 2.22. The van der Waals surface area contributed by atoms with Gasteiger partial charge in [-0.3, -0.25) is 4.79 Å². The molecule has 0 heterocycles. The van der Waals surface area contributed by atoms with Gasteiger partial charge in [0.1, 0.15) is 5.75 Å². The molecule has 0 unspecified atom stereocenters. The van der Waals surface area contributed by atoms with Crippen LogP contribution in [0.15, 0.2) is 48.5 Å². The minimum atomic E-state index is -0.0142. The van der Waals surface area contributed by atoms with Crippen LogP contribution >= 0.6 is 0 Å². The molecule has 0 fully saturated rings. The second kappa shape index (κ2) is 9.08. The number of amides is 1. The zero-order valence-electron chi connectivity index (χ0n) is 14.6. The summed E-state index contributed by atoms with van der Waals surface area (Å²) in [5, 5.41) is 0. The topological polar surface area (TPSA) is 38.8 Å². The Bertz CT molecular complexity index is 655. The van der Waals surface area contributed by atoms with E-state index in [1.54, 1.807) is 4.90 Å². The molecule has 1 amide bonds. The Kier molecular flexibility index (Phi) is 6.82. The number of rotatable bonds is 8. The molecule has 0 bridgehead atoms. The third-order valence-corrected chi connectivity index (χ3v) is 3.68. The molecule has 0 aromatic heterocycles. The van der Waals surface area contributed by atoms with Crippen LogP contribution in [0.5, 0.6) is 5.75 Å². The average molecular weight is 327 g/mol. The van der Waals surface area contributed by atoms with Gasteiger partial charge in [-0.15, -0.1) is 0 Å². The van der Waals surface area contributed by atoms with E-state index in [0.29, 0.717) is 31.9 Å². The van der Waals surface area contributed by atoms with Crippen molar-refractivity contribution in [2.75, 3.05) is 20.3 Å². The largest absolute Gasteiger partial charge is 0.494 e. The van der Waals surface area contributed by atoms with E-state index in [2.05, 4.69) is 0 Å². The summed E-state index contributed by atoms with van der Waals surface area (Å²) in [6.45, 7) is 6.11. The minimum absolute atomic E-state index is 0.0142. The van der Waals surface area contributed by atoms with Crippen molar-refractivity contribution in [1.29, 1.82) is 0 Å². The number of nitrogens with zero attached hydrogens (tertiary/aromatic N) is 1. The molecule has 0 aliphatic rings. The van der Waals surface area contributed by atoms with Gasteiger partial charge in [0, 0.05) is 31.3 Å².